The van der Waals surface area contributed by atoms with E-state index in [0.717, 1.165) is 22.2 Å². The van der Waals surface area contributed by atoms with Gasteiger partial charge in [0.1, 0.15) is 17.2 Å². The Balaban J connectivity index is 1.28. The van der Waals surface area contributed by atoms with Crippen molar-refractivity contribution in [2.24, 2.45) is 0 Å². The van der Waals surface area contributed by atoms with Gasteiger partial charge in [-0.05, 0) is 44.0 Å². The number of nitrogens with zero attached hydrogens (tertiary/aromatic N) is 8. The smallest absolute Gasteiger partial charge is 0.244 e. The van der Waals surface area contributed by atoms with Crippen molar-refractivity contribution in [2.75, 3.05) is 38.7 Å². The molecule has 4 aromatic rings. The summed E-state index contributed by atoms with van der Waals surface area (Å²) >= 11 is 0. The molecule has 0 bridgehead atoms. The fourth-order valence-corrected chi connectivity index (χ4v) is 5.15. The molecular formula is C25H28FN9O2. The normalized spacial score (nSPS) is 21.7. The predicted octanol–water partition coefficient (Wildman–Crippen LogP) is 2.85. The van der Waals surface area contributed by atoms with E-state index in [1.807, 2.05) is 34.0 Å². The average molecular weight is 506 g/mol. The van der Waals surface area contributed by atoms with E-state index in [1.54, 1.807) is 11.6 Å². The molecule has 2 atom stereocenters. The molecule has 3 aromatic heterocycles. The summed E-state index contributed by atoms with van der Waals surface area (Å²) in [5.41, 5.74) is 3.64. The number of halogens is 1. The van der Waals surface area contributed by atoms with E-state index in [1.165, 1.54) is 0 Å². The largest absolute Gasteiger partial charge is 0.479 e. The summed E-state index contributed by atoms with van der Waals surface area (Å²) in [6.45, 7) is 5.53. The van der Waals surface area contributed by atoms with Gasteiger partial charge in [0, 0.05) is 30.9 Å². The van der Waals surface area contributed by atoms with E-state index in [0.29, 0.717) is 37.6 Å². The molecule has 2 saturated heterocycles. The van der Waals surface area contributed by atoms with Crippen LogP contribution in [0.25, 0.3) is 27.7 Å². The average Bonchev–Trinajstić information content (AvgIpc) is 3.49. The maximum atomic E-state index is 15.2. The number of anilines is 1. The van der Waals surface area contributed by atoms with Crippen LogP contribution in [0.4, 0.5) is 10.3 Å². The number of aromatic nitrogens is 6. The Morgan fingerprint density at radius 2 is 2.14 bits per heavy atom. The van der Waals surface area contributed by atoms with Gasteiger partial charge in [0.2, 0.25) is 11.8 Å². The third-order valence-electron chi connectivity index (χ3n) is 7.29. The molecule has 2 fully saturated rings. The first-order valence-corrected chi connectivity index (χ1v) is 12.4. The lowest BCUT2D eigenvalue weighted by atomic mass is 9.92. The summed E-state index contributed by atoms with van der Waals surface area (Å²) in [6, 6.07) is 9.95. The molecule has 6 rings (SSSR count). The van der Waals surface area contributed by atoms with Crippen molar-refractivity contribution in [1.82, 2.24) is 34.5 Å². The third kappa shape index (κ3) is 3.86. The molecule has 37 heavy (non-hydrogen) atoms. The van der Waals surface area contributed by atoms with Crippen molar-refractivity contribution >= 4 is 22.5 Å². The van der Waals surface area contributed by atoms with Crippen molar-refractivity contribution in [3.63, 3.8) is 0 Å². The zero-order valence-electron chi connectivity index (χ0n) is 20.9. The van der Waals surface area contributed by atoms with Crippen molar-refractivity contribution < 1.29 is 13.9 Å². The number of rotatable bonds is 6. The van der Waals surface area contributed by atoms with Gasteiger partial charge in [0.15, 0.2) is 5.54 Å². The van der Waals surface area contributed by atoms with Crippen molar-refractivity contribution in [3.05, 3.63) is 30.5 Å². The van der Waals surface area contributed by atoms with Gasteiger partial charge in [0.25, 0.3) is 0 Å². The molecule has 0 saturated carbocycles. The van der Waals surface area contributed by atoms with Gasteiger partial charge in [-0.25, -0.2) is 13.6 Å². The standard InChI is InChI=1S/C25H28FN9O2/c1-15(2)35-21-10-16(4-5-20(21)30-32-35)17-6-9-34-22(17)23(36-3)29-24(31-34)28-19-7-8-33(11-18(19)26)25(12-27)13-37-14-25/h4-6,9-10,15,18-19H,7-8,11,13-14H2,1-3H3,(H,28,31)/t18-,19+/m1/s1. The number of hydrogen-bond donors (Lipinski definition) is 1. The highest BCUT2D eigenvalue weighted by Gasteiger charge is 2.48. The topological polar surface area (TPSA) is 118 Å². The summed E-state index contributed by atoms with van der Waals surface area (Å²) in [7, 11) is 1.56. The zero-order chi connectivity index (χ0) is 25.7. The Morgan fingerprint density at radius 1 is 1.30 bits per heavy atom. The Hall–Kier alpha value is -3.82. The first-order chi connectivity index (χ1) is 17.9. The molecule has 2 aliphatic heterocycles. The molecule has 5 heterocycles. The van der Waals surface area contributed by atoms with Gasteiger partial charge in [-0.3, -0.25) is 4.90 Å². The van der Waals surface area contributed by atoms with E-state index in [4.69, 9.17) is 9.47 Å². The lowest BCUT2D eigenvalue weighted by Crippen LogP contribution is -2.65. The third-order valence-corrected chi connectivity index (χ3v) is 7.29. The minimum Gasteiger partial charge on any atom is -0.479 e. The molecule has 2 aliphatic rings. The van der Waals surface area contributed by atoms with Crippen molar-refractivity contribution in [1.29, 1.82) is 5.26 Å². The number of likely N-dealkylation sites (tertiary alicyclic amines) is 1. The Bertz CT molecular complexity index is 1500. The van der Waals surface area contributed by atoms with Crippen LogP contribution in [0, 0.1) is 11.3 Å². The summed E-state index contributed by atoms with van der Waals surface area (Å²) in [4.78, 5) is 6.46. The van der Waals surface area contributed by atoms with Crippen molar-refractivity contribution in [2.45, 2.75) is 44.1 Å². The van der Waals surface area contributed by atoms with Gasteiger partial charge in [-0.2, -0.15) is 10.2 Å². The molecular weight excluding hydrogens is 477 g/mol. The molecule has 0 spiro atoms. The Labute approximate surface area is 212 Å². The zero-order valence-corrected chi connectivity index (χ0v) is 20.9. The Kier molecular flexibility index (Phi) is 5.69. The predicted molar refractivity (Wildman–Crippen MR) is 134 cm³/mol. The lowest BCUT2D eigenvalue weighted by molar-refractivity contribution is -0.121. The van der Waals surface area contributed by atoms with Crippen LogP contribution in [0.2, 0.25) is 0 Å². The van der Waals surface area contributed by atoms with E-state index in [2.05, 4.69) is 51.7 Å². The number of piperidine rings is 1. The van der Waals surface area contributed by atoms with E-state index >= 15 is 4.39 Å². The van der Waals surface area contributed by atoms with E-state index in [9.17, 15) is 5.26 Å². The number of ether oxygens (including phenoxy) is 2. The Morgan fingerprint density at radius 3 is 2.81 bits per heavy atom. The lowest BCUT2D eigenvalue weighted by Gasteiger charge is -2.48. The number of benzene rings is 1. The number of methoxy groups -OCH3 is 1. The summed E-state index contributed by atoms with van der Waals surface area (Å²) in [6.07, 6.45) is 1.17. The van der Waals surface area contributed by atoms with Gasteiger partial charge >= 0.3 is 0 Å². The minimum atomic E-state index is -1.18. The molecule has 0 unspecified atom stereocenters. The number of hydrogen-bond acceptors (Lipinski definition) is 9. The maximum Gasteiger partial charge on any atom is 0.244 e. The molecule has 1 aromatic carbocycles. The van der Waals surface area contributed by atoms with Crippen LogP contribution in [-0.4, -0.2) is 85.7 Å². The molecule has 0 radical (unpaired) electrons. The quantitative estimate of drug-likeness (QED) is 0.422. The number of nitriles is 1. The maximum absolute atomic E-state index is 15.2. The minimum absolute atomic E-state index is 0.159. The summed E-state index contributed by atoms with van der Waals surface area (Å²) < 4.78 is 29.6. The summed E-state index contributed by atoms with van der Waals surface area (Å²) in [5, 5.41) is 25.8. The highest BCUT2D eigenvalue weighted by atomic mass is 19.1. The van der Waals surface area contributed by atoms with E-state index < -0.39 is 17.8 Å². The van der Waals surface area contributed by atoms with Gasteiger partial charge < -0.3 is 14.8 Å². The molecule has 1 N–H and O–H groups in total. The molecule has 12 heteroatoms. The fourth-order valence-electron chi connectivity index (χ4n) is 5.15. The second kappa shape index (κ2) is 8.93. The van der Waals surface area contributed by atoms with E-state index in [-0.39, 0.29) is 18.5 Å². The van der Waals surface area contributed by atoms with Gasteiger partial charge in [-0.1, -0.05) is 11.3 Å². The second-order valence-electron chi connectivity index (χ2n) is 9.94. The summed E-state index contributed by atoms with van der Waals surface area (Å²) in [5.74, 6) is 0.670. The molecule has 0 amide bonds. The van der Waals surface area contributed by atoms with Crippen LogP contribution >= 0.6 is 0 Å². The van der Waals surface area contributed by atoms with Crippen LogP contribution < -0.4 is 10.1 Å². The van der Waals surface area contributed by atoms with Gasteiger partial charge in [0.05, 0.1) is 38.0 Å². The van der Waals surface area contributed by atoms with Gasteiger partial charge in [-0.15, -0.1) is 10.2 Å². The first kappa shape index (κ1) is 23.6. The number of nitrogens with one attached hydrogen (secondary N) is 1. The number of alkyl halides is 1. The first-order valence-electron chi connectivity index (χ1n) is 12.4. The molecule has 11 nitrogen and oxygen atoms in total. The van der Waals surface area contributed by atoms with Crippen LogP contribution in [-0.2, 0) is 4.74 Å². The van der Waals surface area contributed by atoms with Crippen LogP contribution in [0.5, 0.6) is 5.88 Å². The highest BCUT2D eigenvalue weighted by molar-refractivity contribution is 5.89. The van der Waals surface area contributed by atoms with Crippen LogP contribution in [0.15, 0.2) is 30.5 Å². The molecule has 0 aliphatic carbocycles. The van der Waals surface area contributed by atoms with Crippen LogP contribution in [0.3, 0.4) is 0 Å². The van der Waals surface area contributed by atoms with Crippen LogP contribution in [0.1, 0.15) is 26.3 Å². The number of fused-ring (bicyclic) bond motifs is 2. The van der Waals surface area contributed by atoms with Crippen molar-refractivity contribution in [3.8, 4) is 23.1 Å². The SMILES string of the molecule is COc1nc(N[C@H]2CCN(C3(C#N)COC3)C[C@H]2F)nn2ccc(-c3ccc4nnn(C(C)C)c4c3)c12. The molecule has 192 valence electrons. The second-order valence-corrected chi connectivity index (χ2v) is 9.94. The fraction of sp³-hybridized carbons (Fsp3) is 0.480. The highest BCUT2D eigenvalue weighted by Crippen LogP contribution is 2.34. The monoisotopic (exact) mass is 505 g/mol.